The fourth-order valence-electron chi connectivity index (χ4n) is 2.22. The molecule has 0 aromatic heterocycles. The second kappa shape index (κ2) is 7.41. The summed E-state index contributed by atoms with van der Waals surface area (Å²) >= 11 is 0. The second-order valence-corrected chi connectivity index (χ2v) is 4.81. The maximum atomic E-state index is 12.0. The Labute approximate surface area is 139 Å². The fraction of sp³-hybridized carbons (Fsp3) is 0.167. The van der Waals surface area contributed by atoms with Gasteiger partial charge in [-0.05, 0) is 41.5 Å². The van der Waals surface area contributed by atoms with Gasteiger partial charge in [0.05, 0.1) is 38.0 Å². The summed E-state index contributed by atoms with van der Waals surface area (Å²) in [6.07, 6.45) is 0. The van der Waals surface area contributed by atoms with Gasteiger partial charge in [0, 0.05) is 0 Å². The van der Waals surface area contributed by atoms with Crippen LogP contribution < -0.4 is 0 Å². The molecule has 0 aliphatic rings. The van der Waals surface area contributed by atoms with Crippen LogP contribution in [0.5, 0.6) is 0 Å². The Balaban J connectivity index is 2.54. The molecule has 6 heteroatoms. The van der Waals surface area contributed by atoms with Gasteiger partial charge in [-0.15, -0.1) is 0 Å². The number of carbonyl (C=O) groups is 3. The Hall–Kier alpha value is -3.15. The van der Waals surface area contributed by atoms with Crippen molar-refractivity contribution in [2.45, 2.75) is 0 Å². The fourth-order valence-corrected chi connectivity index (χ4v) is 2.22. The van der Waals surface area contributed by atoms with Gasteiger partial charge in [-0.2, -0.15) is 0 Å². The molecule has 0 fully saturated rings. The molecule has 0 N–H and O–H groups in total. The van der Waals surface area contributed by atoms with E-state index in [-0.39, 0.29) is 0 Å². The Morgan fingerprint density at radius 2 is 1.17 bits per heavy atom. The number of methoxy groups -OCH3 is 3. The zero-order chi connectivity index (χ0) is 17.7. The van der Waals surface area contributed by atoms with Crippen LogP contribution in [0.2, 0.25) is 0 Å². The minimum Gasteiger partial charge on any atom is -0.465 e. The maximum Gasteiger partial charge on any atom is 0.338 e. The van der Waals surface area contributed by atoms with Crippen LogP contribution in [-0.2, 0) is 14.2 Å². The number of rotatable bonds is 4. The molecule has 2 rings (SSSR count). The number of hydrogen-bond acceptors (Lipinski definition) is 6. The van der Waals surface area contributed by atoms with Crippen LogP contribution in [0.25, 0.3) is 11.1 Å². The van der Waals surface area contributed by atoms with Crippen molar-refractivity contribution >= 4 is 17.9 Å². The first-order chi connectivity index (χ1) is 11.5. The lowest BCUT2D eigenvalue weighted by Gasteiger charge is -2.10. The first-order valence-electron chi connectivity index (χ1n) is 7.01. The van der Waals surface area contributed by atoms with Crippen molar-refractivity contribution in [3.05, 3.63) is 59.2 Å². The highest BCUT2D eigenvalue weighted by molar-refractivity contribution is 6.00. The van der Waals surface area contributed by atoms with E-state index in [2.05, 4.69) is 4.74 Å². The van der Waals surface area contributed by atoms with E-state index in [1.165, 1.54) is 33.5 Å². The Morgan fingerprint density at radius 3 is 1.71 bits per heavy atom. The molecule has 0 amide bonds. The molecule has 6 nitrogen and oxygen atoms in total. The topological polar surface area (TPSA) is 78.9 Å². The monoisotopic (exact) mass is 328 g/mol. The molecule has 124 valence electrons. The molecule has 0 bridgehead atoms. The molecule has 0 heterocycles. The van der Waals surface area contributed by atoms with Crippen LogP contribution in [0, 0.1) is 0 Å². The molecule has 0 aliphatic carbocycles. The van der Waals surface area contributed by atoms with E-state index in [1.54, 1.807) is 30.3 Å². The van der Waals surface area contributed by atoms with E-state index >= 15 is 0 Å². The Kier molecular flexibility index (Phi) is 5.31. The van der Waals surface area contributed by atoms with Gasteiger partial charge in [0.25, 0.3) is 0 Å². The van der Waals surface area contributed by atoms with E-state index < -0.39 is 17.9 Å². The van der Waals surface area contributed by atoms with Crippen molar-refractivity contribution in [3.8, 4) is 11.1 Å². The molecular formula is C18H16O6. The molecular weight excluding hydrogens is 312 g/mol. The van der Waals surface area contributed by atoms with Crippen LogP contribution in [0.4, 0.5) is 0 Å². The number of carbonyl (C=O) groups excluding carboxylic acids is 3. The van der Waals surface area contributed by atoms with Gasteiger partial charge in [-0.3, -0.25) is 0 Å². The standard InChI is InChI=1S/C18H16O6/c1-22-16(19)12-6-4-11(5-7-12)15-10-13(17(20)23-2)8-9-14(15)18(21)24-3/h4-10H,1-3H3. The van der Waals surface area contributed by atoms with Crippen LogP contribution in [0.1, 0.15) is 31.1 Å². The van der Waals surface area contributed by atoms with Crippen LogP contribution >= 0.6 is 0 Å². The number of esters is 3. The normalized spacial score (nSPS) is 9.96. The molecule has 2 aromatic rings. The molecule has 0 saturated carbocycles. The smallest absolute Gasteiger partial charge is 0.338 e. The van der Waals surface area contributed by atoms with Gasteiger partial charge in [0.2, 0.25) is 0 Å². The molecule has 2 aromatic carbocycles. The lowest BCUT2D eigenvalue weighted by molar-refractivity contribution is 0.0587. The summed E-state index contributed by atoms with van der Waals surface area (Å²) in [4.78, 5) is 35.2. The van der Waals surface area contributed by atoms with Crippen molar-refractivity contribution in [3.63, 3.8) is 0 Å². The van der Waals surface area contributed by atoms with Crippen LogP contribution in [0.3, 0.4) is 0 Å². The summed E-state index contributed by atoms with van der Waals surface area (Å²) in [5, 5.41) is 0. The first-order valence-corrected chi connectivity index (χ1v) is 7.01. The highest BCUT2D eigenvalue weighted by Gasteiger charge is 2.17. The first kappa shape index (κ1) is 17.2. The van der Waals surface area contributed by atoms with E-state index in [1.807, 2.05) is 0 Å². The van der Waals surface area contributed by atoms with Crippen LogP contribution in [0.15, 0.2) is 42.5 Å². The largest absolute Gasteiger partial charge is 0.465 e. The van der Waals surface area contributed by atoms with E-state index in [0.717, 1.165) is 0 Å². The summed E-state index contributed by atoms with van der Waals surface area (Å²) in [5.74, 6) is -1.50. The zero-order valence-electron chi connectivity index (χ0n) is 13.5. The predicted octanol–water partition coefficient (Wildman–Crippen LogP) is 2.71. The minimum atomic E-state index is -0.529. The number of hydrogen-bond donors (Lipinski definition) is 0. The van der Waals surface area contributed by atoms with Crippen molar-refractivity contribution < 1.29 is 28.6 Å². The summed E-state index contributed by atoms with van der Waals surface area (Å²) in [5.41, 5.74) is 2.13. The van der Waals surface area contributed by atoms with Crippen molar-refractivity contribution in [2.75, 3.05) is 21.3 Å². The maximum absolute atomic E-state index is 12.0. The number of benzene rings is 2. The van der Waals surface area contributed by atoms with E-state index in [0.29, 0.717) is 27.8 Å². The summed E-state index contributed by atoms with van der Waals surface area (Å²) < 4.78 is 14.1. The molecule has 0 radical (unpaired) electrons. The van der Waals surface area contributed by atoms with E-state index in [9.17, 15) is 14.4 Å². The summed E-state index contributed by atoms with van der Waals surface area (Å²) in [7, 11) is 3.85. The van der Waals surface area contributed by atoms with Gasteiger partial charge in [-0.1, -0.05) is 12.1 Å². The third kappa shape index (κ3) is 3.43. The Bertz CT molecular complexity index is 777. The third-order valence-corrected chi connectivity index (χ3v) is 3.46. The van der Waals surface area contributed by atoms with Gasteiger partial charge >= 0.3 is 17.9 Å². The van der Waals surface area contributed by atoms with Gasteiger partial charge in [0.1, 0.15) is 0 Å². The molecule has 0 spiro atoms. The SMILES string of the molecule is COC(=O)c1ccc(-c2cc(C(=O)OC)ccc2C(=O)OC)cc1. The summed E-state index contributed by atoms with van der Waals surface area (Å²) in [6, 6.07) is 11.0. The average molecular weight is 328 g/mol. The minimum absolute atomic E-state index is 0.302. The highest BCUT2D eigenvalue weighted by Crippen LogP contribution is 2.27. The average Bonchev–Trinajstić information content (AvgIpc) is 2.65. The summed E-state index contributed by atoms with van der Waals surface area (Å²) in [6.45, 7) is 0. The van der Waals surface area contributed by atoms with Crippen LogP contribution in [-0.4, -0.2) is 39.2 Å². The second-order valence-electron chi connectivity index (χ2n) is 4.81. The molecule has 0 unspecified atom stereocenters. The predicted molar refractivity (Wildman–Crippen MR) is 85.9 cm³/mol. The third-order valence-electron chi connectivity index (χ3n) is 3.46. The van der Waals surface area contributed by atoms with Gasteiger partial charge < -0.3 is 14.2 Å². The van der Waals surface area contributed by atoms with E-state index in [4.69, 9.17) is 9.47 Å². The van der Waals surface area contributed by atoms with Crippen molar-refractivity contribution in [1.82, 2.24) is 0 Å². The lowest BCUT2D eigenvalue weighted by Crippen LogP contribution is -2.07. The van der Waals surface area contributed by atoms with Gasteiger partial charge in [-0.25, -0.2) is 14.4 Å². The molecule has 0 saturated heterocycles. The van der Waals surface area contributed by atoms with Crippen molar-refractivity contribution in [1.29, 1.82) is 0 Å². The lowest BCUT2D eigenvalue weighted by atomic mass is 9.96. The molecule has 0 atom stereocenters. The quantitative estimate of drug-likeness (QED) is 0.634. The van der Waals surface area contributed by atoms with Gasteiger partial charge in [0.15, 0.2) is 0 Å². The number of ether oxygens (including phenoxy) is 3. The molecule has 24 heavy (non-hydrogen) atoms. The highest BCUT2D eigenvalue weighted by atomic mass is 16.5. The zero-order valence-corrected chi connectivity index (χ0v) is 13.5. The van der Waals surface area contributed by atoms with Crippen molar-refractivity contribution in [2.24, 2.45) is 0 Å². The molecule has 0 aliphatic heterocycles. The Morgan fingerprint density at radius 1 is 0.667 bits per heavy atom.